The molecule has 0 aliphatic heterocycles. The highest BCUT2D eigenvalue weighted by Crippen LogP contribution is 2.46. The summed E-state index contributed by atoms with van der Waals surface area (Å²) < 4.78 is 4.79. The summed E-state index contributed by atoms with van der Waals surface area (Å²) in [4.78, 5) is 10.3. The van der Waals surface area contributed by atoms with Gasteiger partial charge in [-0.05, 0) is 99.8 Å². The van der Waals surface area contributed by atoms with Crippen LogP contribution in [0.25, 0.3) is 122 Å². The number of hydrogen-bond acceptors (Lipinski definition) is 2. The van der Waals surface area contributed by atoms with Gasteiger partial charge in [0, 0.05) is 49.4 Å². The van der Waals surface area contributed by atoms with Crippen molar-refractivity contribution in [3.63, 3.8) is 0 Å². The van der Waals surface area contributed by atoms with Gasteiger partial charge in [0.25, 0.3) is 0 Å². The average Bonchev–Trinajstić information content (AvgIpc) is 3.92. The maximum Gasteiger partial charge on any atom is 0.160 e. The highest BCUT2D eigenvalue weighted by atomic mass is 15.0. The number of fused-ring (bicyclic) bond motifs is 10. The summed E-state index contributed by atoms with van der Waals surface area (Å²) in [7, 11) is 0. The summed E-state index contributed by atoms with van der Waals surface area (Å²) in [6.45, 7) is 0. The topological polar surface area (TPSA) is 35.6 Å². The van der Waals surface area contributed by atoms with E-state index in [1.807, 2.05) is 0 Å². The molecule has 0 N–H and O–H groups in total. The van der Waals surface area contributed by atoms with Crippen molar-refractivity contribution in [1.29, 1.82) is 0 Å². The molecule has 3 aromatic heterocycles. The van der Waals surface area contributed by atoms with Crippen molar-refractivity contribution in [2.45, 2.75) is 0 Å². The summed E-state index contributed by atoms with van der Waals surface area (Å²) in [6.07, 6.45) is 0. The van der Waals surface area contributed by atoms with Crippen LogP contribution in [0.2, 0.25) is 0 Å². The fourth-order valence-corrected chi connectivity index (χ4v) is 9.60. The lowest BCUT2D eigenvalue weighted by Gasteiger charge is -2.12. The number of benzene rings is 9. The molecule has 4 nitrogen and oxygen atoms in total. The second-order valence-corrected chi connectivity index (χ2v) is 15.4. The van der Waals surface area contributed by atoms with Gasteiger partial charge in [-0.25, -0.2) is 9.97 Å². The fourth-order valence-electron chi connectivity index (χ4n) is 9.60. The molecule has 0 radical (unpaired) electrons. The van der Waals surface area contributed by atoms with Crippen molar-refractivity contribution in [3.05, 3.63) is 194 Å². The molecule has 1 aliphatic rings. The molecular formula is C54H32N4. The Kier molecular flexibility index (Phi) is 6.41. The molecule has 0 atom stereocenters. The van der Waals surface area contributed by atoms with E-state index in [2.05, 4.69) is 203 Å². The fraction of sp³-hybridized carbons (Fsp3) is 0. The quantitative estimate of drug-likeness (QED) is 0.180. The van der Waals surface area contributed by atoms with Gasteiger partial charge in [-0.1, -0.05) is 127 Å². The highest BCUT2D eigenvalue weighted by molar-refractivity contribution is 6.14. The van der Waals surface area contributed by atoms with Crippen molar-refractivity contribution in [1.82, 2.24) is 19.1 Å². The van der Waals surface area contributed by atoms with Crippen LogP contribution in [0.1, 0.15) is 0 Å². The third kappa shape index (κ3) is 4.45. The summed E-state index contributed by atoms with van der Waals surface area (Å²) in [5.41, 5.74) is 16.1. The molecule has 0 saturated heterocycles. The number of aromatic nitrogens is 4. The predicted molar refractivity (Wildman–Crippen MR) is 241 cm³/mol. The summed E-state index contributed by atoms with van der Waals surface area (Å²) in [6, 6.07) is 70.3. The van der Waals surface area contributed by atoms with E-state index in [1.165, 1.54) is 82.5 Å². The zero-order chi connectivity index (χ0) is 37.9. The molecular weight excluding hydrogens is 705 g/mol. The van der Waals surface area contributed by atoms with Crippen LogP contribution >= 0.6 is 0 Å². The van der Waals surface area contributed by atoms with Crippen LogP contribution in [0.3, 0.4) is 0 Å². The first-order valence-corrected chi connectivity index (χ1v) is 19.8. The molecule has 0 unspecified atom stereocenters. The minimum atomic E-state index is 0.750. The second-order valence-electron chi connectivity index (χ2n) is 15.4. The Bertz CT molecular complexity index is 3680. The van der Waals surface area contributed by atoms with Crippen LogP contribution in [-0.2, 0) is 0 Å². The molecule has 9 aromatic carbocycles. The van der Waals surface area contributed by atoms with E-state index in [9.17, 15) is 0 Å². The Labute approximate surface area is 333 Å². The first-order valence-electron chi connectivity index (χ1n) is 19.8. The third-order valence-electron chi connectivity index (χ3n) is 12.2. The van der Waals surface area contributed by atoms with E-state index in [4.69, 9.17) is 9.97 Å². The number of rotatable bonds is 4. The zero-order valence-corrected chi connectivity index (χ0v) is 31.3. The van der Waals surface area contributed by atoms with E-state index in [-0.39, 0.29) is 0 Å². The molecule has 3 heterocycles. The molecule has 0 bridgehead atoms. The van der Waals surface area contributed by atoms with Gasteiger partial charge in [0.15, 0.2) is 5.82 Å². The second kappa shape index (κ2) is 11.8. The van der Waals surface area contributed by atoms with Gasteiger partial charge in [-0.3, -0.25) is 0 Å². The van der Waals surface area contributed by atoms with Gasteiger partial charge in [-0.2, -0.15) is 0 Å². The van der Waals surface area contributed by atoms with Crippen molar-refractivity contribution in [3.8, 4) is 56.3 Å². The first kappa shape index (κ1) is 31.4. The number of hydrogen-bond donors (Lipinski definition) is 0. The Morgan fingerprint density at radius 2 is 0.948 bits per heavy atom. The highest BCUT2D eigenvalue weighted by Gasteiger charge is 2.24. The van der Waals surface area contributed by atoms with E-state index < -0.39 is 0 Å². The van der Waals surface area contributed by atoms with Crippen LogP contribution in [0.4, 0.5) is 0 Å². The minimum Gasteiger partial charge on any atom is -0.309 e. The number of para-hydroxylation sites is 3. The smallest absolute Gasteiger partial charge is 0.160 e. The standard InChI is InChI=1S/C54H32N4/c1-2-11-38(12-3-1)57-49-20-9-7-15-42(49)46-31-35(25-28-50(46)57)36-24-27-43-41-14-6-8-19-48(41)58(51(43)32-36)39-26-23-33-29-37(22-21-34(33)30-39)54-55-47-18-10-17-44-40-13-4-5-16-45(40)53(56-54)52(44)47/h1-32H. The maximum atomic E-state index is 5.18. The van der Waals surface area contributed by atoms with Crippen LogP contribution in [-0.4, -0.2) is 19.1 Å². The lowest BCUT2D eigenvalue weighted by molar-refractivity contribution is 1.18. The van der Waals surface area contributed by atoms with Gasteiger partial charge in [-0.15, -0.1) is 0 Å². The zero-order valence-electron chi connectivity index (χ0n) is 31.3. The first-order chi connectivity index (χ1) is 28.7. The molecule has 4 heteroatoms. The SMILES string of the molecule is c1ccc(-n2c3ccccc3c3cc(-c4ccc5c6ccccc6n(-c6ccc7cc(-c8nc9c%10c(cccc%10n8)-c8ccccc8-9)ccc7c6)c5c4)ccc32)cc1. The van der Waals surface area contributed by atoms with Gasteiger partial charge >= 0.3 is 0 Å². The molecule has 0 spiro atoms. The van der Waals surface area contributed by atoms with Crippen molar-refractivity contribution >= 4 is 65.3 Å². The number of nitrogens with zero attached hydrogens (tertiary/aromatic N) is 4. The Morgan fingerprint density at radius 1 is 0.328 bits per heavy atom. The Morgan fingerprint density at radius 3 is 1.81 bits per heavy atom. The lowest BCUT2D eigenvalue weighted by Crippen LogP contribution is -1.95. The molecule has 0 amide bonds. The summed E-state index contributed by atoms with van der Waals surface area (Å²) in [5.74, 6) is 0.750. The van der Waals surface area contributed by atoms with Gasteiger partial charge in [0.1, 0.15) is 0 Å². The molecule has 0 fully saturated rings. The molecule has 268 valence electrons. The van der Waals surface area contributed by atoms with Crippen LogP contribution in [0.5, 0.6) is 0 Å². The molecule has 58 heavy (non-hydrogen) atoms. The average molecular weight is 737 g/mol. The monoisotopic (exact) mass is 736 g/mol. The van der Waals surface area contributed by atoms with Gasteiger partial charge < -0.3 is 9.13 Å². The maximum absolute atomic E-state index is 5.18. The molecule has 13 rings (SSSR count). The van der Waals surface area contributed by atoms with Crippen molar-refractivity contribution in [2.24, 2.45) is 0 Å². The largest absolute Gasteiger partial charge is 0.309 e. The normalized spacial score (nSPS) is 12.1. The Balaban J connectivity index is 0.936. The third-order valence-corrected chi connectivity index (χ3v) is 12.2. The minimum absolute atomic E-state index is 0.750. The van der Waals surface area contributed by atoms with E-state index in [0.29, 0.717) is 0 Å². The molecule has 0 saturated carbocycles. The lowest BCUT2D eigenvalue weighted by atomic mass is 10.0. The predicted octanol–water partition coefficient (Wildman–Crippen LogP) is 14.0. The van der Waals surface area contributed by atoms with E-state index in [1.54, 1.807) is 0 Å². The summed E-state index contributed by atoms with van der Waals surface area (Å²) >= 11 is 0. The van der Waals surface area contributed by atoms with Gasteiger partial charge in [0.2, 0.25) is 0 Å². The van der Waals surface area contributed by atoms with E-state index >= 15 is 0 Å². The Hall–Kier alpha value is -7.82. The van der Waals surface area contributed by atoms with Gasteiger partial charge in [0.05, 0.1) is 33.3 Å². The molecule has 12 aromatic rings. The van der Waals surface area contributed by atoms with Crippen LogP contribution in [0, 0.1) is 0 Å². The molecule has 1 aliphatic carbocycles. The van der Waals surface area contributed by atoms with Crippen molar-refractivity contribution in [2.75, 3.05) is 0 Å². The van der Waals surface area contributed by atoms with Crippen LogP contribution < -0.4 is 0 Å². The summed E-state index contributed by atoms with van der Waals surface area (Å²) in [5, 5.41) is 8.45. The van der Waals surface area contributed by atoms with E-state index in [0.717, 1.165) is 39.1 Å². The van der Waals surface area contributed by atoms with Crippen LogP contribution in [0.15, 0.2) is 194 Å². The van der Waals surface area contributed by atoms with Crippen molar-refractivity contribution < 1.29 is 0 Å².